The molecule has 0 aliphatic carbocycles. The van der Waals surface area contributed by atoms with Crippen molar-refractivity contribution in [3.05, 3.63) is 46.6 Å². The zero-order valence-electron chi connectivity index (χ0n) is 10.1. The number of carboxylic acid groups (broad SMARTS) is 1. The number of anilines is 1. The topological polar surface area (TPSA) is 85.4 Å². The molecule has 6 heteroatoms. The third kappa shape index (κ3) is 2.95. The fraction of sp³-hybridized carbons (Fsp3) is 0.0769. The minimum absolute atomic E-state index is 0.000175. The number of carbonyl (C=O) groups is 1. The number of aromatic nitrogens is 1. The summed E-state index contributed by atoms with van der Waals surface area (Å²) < 4.78 is 5.49. The molecule has 0 aliphatic rings. The minimum Gasteiger partial charge on any atom is -0.478 e. The Hall–Kier alpha value is -2.27. The van der Waals surface area contributed by atoms with Crippen molar-refractivity contribution in [3.63, 3.8) is 0 Å². The molecule has 3 N–H and O–H groups in total. The first kappa shape index (κ1) is 13.2. The van der Waals surface area contributed by atoms with Crippen LogP contribution in [-0.4, -0.2) is 16.1 Å². The summed E-state index contributed by atoms with van der Waals surface area (Å²) in [7, 11) is 0. The number of nitrogens with zero attached hydrogens (tertiary/aromatic N) is 1. The molecule has 19 heavy (non-hydrogen) atoms. The molecule has 0 radical (unpaired) electrons. The third-order valence-corrected chi connectivity index (χ3v) is 2.73. The van der Waals surface area contributed by atoms with Gasteiger partial charge in [0.05, 0.1) is 16.3 Å². The van der Waals surface area contributed by atoms with E-state index < -0.39 is 5.97 Å². The summed E-state index contributed by atoms with van der Waals surface area (Å²) >= 11 is 5.99. The molecule has 0 atom stereocenters. The average molecular weight is 279 g/mol. The number of nitrogens with two attached hydrogens (primary N) is 1. The molecule has 2 aromatic rings. The highest BCUT2D eigenvalue weighted by molar-refractivity contribution is 6.32. The SMILES string of the molecule is Cc1ccc(Cl)c(Oc2ncc(C(=O)O)cc2N)c1. The van der Waals surface area contributed by atoms with Crippen LogP contribution in [0.25, 0.3) is 0 Å². The van der Waals surface area contributed by atoms with Crippen molar-refractivity contribution in [2.45, 2.75) is 6.92 Å². The molecule has 0 fully saturated rings. The molecule has 5 nitrogen and oxygen atoms in total. The molecule has 0 bridgehead atoms. The van der Waals surface area contributed by atoms with Gasteiger partial charge in [0, 0.05) is 6.20 Å². The van der Waals surface area contributed by atoms with Crippen LogP contribution in [-0.2, 0) is 0 Å². The molecule has 0 spiro atoms. The van der Waals surface area contributed by atoms with Crippen molar-refractivity contribution >= 4 is 23.3 Å². The molecule has 0 saturated heterocycles. The molecule has 1 aromatic heterocycles. The van der Waals surface area contributed by atoms with E-state index in [0.29, 0.717) is 10.8 Å². The number of pyridine rings is 1. The average Bonchev–Trinajstić information content (AvgIpc) is 2.36. The maximum Gasteiger partial charge on any atom is 0.337 e. The zero-order valence-corrected chi connectivity index (χ0v) is 10.8. The van der Waals surface area contributed by atoms with Gasteiger partial charge in [-0.15, -0.1) is 0 Å². The fourth-order valence-electron chi connectivity index (χ4n) is 1.46. The first-order chi connectivity index (χ1) is 8.97. The highest BCUT2D eigenvalue weighted by Gasteiger charge is 2.11. The lowest BCUT2D eigenvalue weighted by molar-refractivity contribution is 0.0696. The summed E-state index contributed by atoms with van der Waals surface area (Å²) in [5.74, 6) is -0.555. The van der Waals surface area contributed by atoms with E-state index in [4.69, 9.17) is 27.2 Å². The lowest BCUT2D eigenvalue weighted by Gasteiger charge is -2.09. The van der Waals surface area contributed by atoms with Crippen molar-refractivity contribution in [1.82, 2.24) is 4.98 Å². The highest BCUT2D eigenvalue weighted by Crippen LogP contribution is 2.31. The van der Waals surface area contributed by atoms with Gasteiger partial charge in [0.1, 0.15) is 5.75 Å². The van der Waals surface area contributed by atoms with Crippen molar-refractivity contribution in [1.29, 1.82) is 0 Å². The first-order valence-corrected chi connectivity index (χ1v) is 5.78. The second kappa shape index (κ2) is 5.16. The first-order valence-electron chi connectivity index (χ1n) is 5.40. The molecule has 1 aromatic carbocycles. The van der Waals surface area contributed by atoms with Gasteiger partial charge in [-0.2, -0.15) is 0 Å². The maximum absolute atomic E-state index is 10.8. The summed E-state index contributed by atoms with van der Waals surface area (Å²) in [6.45, 7) is 1.90. The maximum atomic E-state index is 10.8. The van der Waals surface area contributed by atoms with Crippen molar-refractivity contribution < 1.29 is 14.6 Å². The molecule has 1 heterocycles. The Morgan fingerprint density at radius 3 is 2.79 bits per heavy atom. The van der Waals surface area contributed by atoms with Crippen LogP contribution < -0.4 is 10.5 Å². The zero-order chi connectivity index (χ0) is 14.0. The lowest BCUT2D eigenvalue weighted by Crippen LogP contribution is -2.02. The van der Waals surface area contributed by atoms with Crippen molar-refractivity contribution in [2.24, 2.45) is 0 Å². The quantitative estimate of drug-likeness (QED) is 0.901. The van der Waals surface area contributed by atoms with Crippen LogP contribution >= 0.6 is 11.6 Å². The number of halogens is 1. The molecule has 98 valence electrons. The van der Waals surface area contributed by atoms with E-state index in [9.17, 15) is 4.79 Å². The Bertz CT molecular complexity index is 644. The van der Waals surface area contributed by atoms with Crippen molar-refractivity contribution in [3.8, 4) is 11.6 Å². The lowest BCUT2D eigenvalue weighted by atomic mass is 10.2. The number of hydrogen-bond acceptors (Lipinski definition) is 4. The molecular weight excluding hydrogens is 268 g/mol. The number of benzene rings is 1. The van der Waals surface area contributed by atoms with Crippen LogP contribution in [0.1, 0.15) is 15.9 Å². The van der Waals surface area contributed by atoms with Crippen LogP contribution in [0.4, 0.5) is 5.69 Å². The standard InChI is InChI=1S/C13H11ClN2O3/c1-7-2-3-9(14)11(4-7)19-12-10(15)5-8(6-16-12)13(17)18/h2-6H,15H2,1H3,(H,17,18). The van der Waals surface area contributed by atoms with Crippen LogP contribution in [0, 0.1) is 6.92 Å². The second-order valence-electron chi connectivity index (χ2n) is 3.96. The molecule has 2 rings (SSSR count). The highest BCUT2D eigenvalue weighted by atomic mass is 35.5. The molecule has 0 aliphatic heterocycles. The van der Waals surface area contributed by atoms with E-state index in [1.165, 1.54) is 12.3 Å². The Labute approximate surface area is 114 Å². The van der Waals surface area contributed by atoms with Gasteiger partial charge in [-0.25, -0.2) is 9.78 Å². The summed E-state index contributed by atoms with van der Waals surface area (Å²) in [4.78, 5) is 14.6. The van der Waals surface area contributed by atoms with Crippen molar-refractivity contribution in [2.75, 3.05) is 5.73 Å². The van der Waals surface area contributed by atoms with E-state index in [0.717, 1.165) is 5.56 Å². The van der Waals surface area contributed by atoms with E-state index in [1.54, 1.807) is 12.1 Å². The number of aryl methyl sites for hydroxylation is 1. The number of rotatable bonds is 3. The van der Waals surface area contributed by atoms with E-state index in [1.807, 2.05) is 13.0 Å². The monoisotopic (exact) mass is 278 g/mol. The number of aromatic carboxylic acids is 1. The smallest absolute Gasteiger partial charge is 0.337 e. The molecule has 0 amide bonds. The number of hydrogen-bond donors (Lipinski definition) is 2. The minimum atomic E-state index is -1.10. The van der Waals surface area contributed by atoms with Crippen LogP contribution in [0.15, 0.2) is 30.5 Å². The van der Waals surface area contributed by atoms with Crippen LogP contribution in [0.5, 0.6) is 11.6 Å². The third-order valence-electron chi connectivity index (χ3n) is 2.42. The van der Waals surface area contributed by atoms with E-state index >= 15 is 0 Å². The number of ether oxygens (including phenoxy) is 1. The second-order valence-corrected chi connectivity index (χ2v) is 4.37. The van der Waals surface area contributed by atoms with E-state index in [-0.39, 0.29) is 17.1 Å². The predicted molar refractivity (Wildman–Crippen MR) is 71.9 cm³/mol. The number of nitrogen functional groups attached to an aromatic ring is 1. The molecular formula is C13H11ClN2O3. The predicted octanol–water partition coefficient (Wildman–Crippen LogP) is 3.12. The Balaban J connectivity index is 2.33. The summed E-state index contributed by atoms with van der Waals surface area (Å²) in [6, 6.07) is 6.58. The van der Waals surface area contributed by atoms with Gasteiger partial charge in [0.25, 0.3) is 0 Å². The normalized spacial score (nSPS) is 10.2. The molecule has 0 unspecified atom stereocenters. The van der Waals surface area contributed by atoms with Gasteiger partial charge in [-0.05, 0) is 30.7 Å². The summed E-state index contributed by atoms with van der Waals surface area (Å²) in [6.07, 6.45) is 1.18. The summed E-state index contributed by atoms with van der Waals surface area (Å²) in [5.41, 5.74) is 6.81. The van der Waals surface area contributed by atoms with Gasteiger partial charge < -0.3 is 15.6 Å². The van der Waals surface area contributed by atoms with Gasteiger partial charge in [-0.3, -0.25) is 0 Å². The van der Waals surface area contributed by atoms with Crippen LogP contribution in [0.3, 0.4) is 0 Å². The Kier molecular flexibility index (Phi) is 3.57. The summed E-state index contributed by atoms with van der Waals surface area (Å²) in [5, 5.41) is 9.24. The van der Waals surface area contributed by atoms with Gasteiger partial charge >= 0.3 is 5.97 Å². The Morgan fingerprint density at radius 1 is 1.42 bits per heavy atom. The van der Waals surface area contributed by atoms with Gasteiger partial charge in [0.15, 0.2) is 0 Å². The number of carboxylic acids is 1. The van der Waals surface area contributed by atoms with E-state index in [2.05, 4.69) is 4.98 Å². The largest absolute Gasteiger partial charge is 0.478 e. The van der Waals surface area contributed by atoms with Gasteiger partial charge in [-0.1, -0.05) is 17.7 Å². The van der Waals surface area contributed by atoms with Gasteiger partial charge in [0.2, 0.25) is 5.88 Å². The fourth-order valence-corrected chi connectivity index (χ4v) is 1.62. The Morgan fingerprint density at radius 2 is 2.16 bits per heavy atom. The van der Waals surface area contributed by atoms with Crippen LogP contribution in [0.2, 0.25) is 5.02 Å². The molecule has 0 saturated carbocycles.